The van der Waals surface area contributed by atoms with Crippen molar-refractivity contribution in [1.82, 2.24) is 14.8 Å². The van der Waals surface area contributed by atoms with Crippen LogP contribution < -0.4 is 4.74 Å². The van der Waals surface area contributed by atoms with Crippen molar-refractivity contribution >= 4 is 32.9 Å². The summed E-state index contributed by atoms with van der Waals surface area (Å²) < 4.78 is 14.1. The van der Waals surface area contributed by atoms with Gasteiger partial charge < -0.3 is 9.47 Å². The SMILES string of the molecule is Cn1nc(O[C@H]2CC[C@@H](C(=O)OC(C)(C)C)CC2)c2nc(Br)ccc21. The molecule has 0 spiro atoms. The van der Waals surface area contributed by atoms with Crippen LogP contribution in [-0.2, 0) is 16.6 Å². The van der Waals surface area contributed by atoms with Crippen LogP contribution in [0.25, 0.3) is 11.0 Å². The highest BCUT2D eigenvalue weighted by Gasteiger charge is 2.31. The summed E-state index contributed by atoms with van der Waals surface area (Å²) in [5.41, 5.74) is 1.25. The van der Waals surface area contributed by atoms with Gasteiger partial charge >= 0.3 is 5.97 Å². The smallest absolute Gasteiger partial charge is 0.309 e. The lowest BCUT2D eigenvalue weighted by molar-refractivity contribution is -0.161. The Morgan fingerprint density at radius 3 is 2.56 bits per heavy atom. The summed E-state index contributed by atoms with van der Waals surface area (Å²) in [6, 6.07) is 3.85. The van der Waals surface area contributed by atoms with Crippen LogP contribution in [0.4, 0.5) is 0 Å². The van der Waals surface area contributed by atoms with E-state index in [1.165, 1.54) is 0 Å². The number of aromatic nitrogens is 3. The highest BCUT2D eigenvalue weighted by atomic mass is 79.9. The molecule has 136 valence electrons. The van der Waals surface area contributed by atoms with Gasteiger partial charge in [0.1, 0.15) is 16.3 Å². The molecule has 1 aliphatic rings. The molecule has 25 heavy (non-hydrogen) atoms. The van der Waals surface area contributed by atoms with Crippen LogP contribution in [0.1, 0.15) is 46.5 Å². The summed E-state index contributed by atoms with van der Waals surface area (Å²) in [5, 5.41) is 4.45. The van der Waals surface area contributed by atoms with Crippen molar-refractivity contribution < 1.29 is 14.3 Å². The van der Waals surface area contributed by atoms with Gasteiger partial charge in [0.25, 0.3) is 5.88 Å². The zero-order chi connectivity index (χ0) is 18.2. The van der Waals surface area contributed by atoms with Gasteiger partial charge in [-0.25, -0.2) is 4.98 Å². The van der Waals surface area contributed by atoms with Gasteiger partial charge in [-0.2, -0.15) is 0 Å². The predicted molar refractivity (Wildman–Crippen MR) is 98.4 cm³/mol. The first-order chi connectivity index (χ1) is 11.7. The first-order valence-corrected chi connectivity index (χ1v) is 9.41. The molecule has 1 aliphatic carbocycles. The van der Waals surface area contributed by atoms with Crippen molar-refractivity contribution in [1.29, 1.82) is 0 Å². The van der Waals surface area contributed by atoms with E-state index in [0.717, 1.165) is 41.3 Å². The van der Waals surface area contributed by atoms with Gasteiger partial charge in [-0.15, -0.1) is 5.10 Å². The van der Waals surface area contributed by atoms with Gasteiger partial charge in [0.15, 0.2) is 5.52 Å². The number of nitrogens with zero attached hydrogens (tertiary/aromatic N) is 3. The number of aryl methyl sites for hydroxylation is 1. The van der Waals surface area contributed by atoms with Crippen LogP contribution in [0.15, 0.2) is 16.7 Å². The lowest BCUT2D eigenvalue weighted by atomic mass is 9.87. The zero-order valence-electron chi connectivity index (χ0n) is 15.1. The fraction of sp³-hybridized carbons (Fsp3) is 0.611. The third-order valence-electron chi connectivity index (χ3n) is 4.32. The maximum atomic E-state index is 12.2. The van der Waals surface area contributed by atoms with Crippen molar-refractivity contribution in [2.45, 2.75) is 58.2 Å². The number of rotatable bonds is 3. The summed E-state index contributed by atoms with van der Waals surface area (Å²) in [7, 11) is 1.88. The standard InChI is InChI=1S/C18H24BrN3O3/c1-18(2,3)25-17(23)11-5-7-12(8-6-11)24-16-15-13(22(4)21-16)9-10-14(19)20-15/h9-12H,5-8H2,1-4H3/t11-,12+. The molecule has 0 aliphatic heterocycles. The molecule has 0 bridgehead atoms. The lowest BCUT2D eigenvalue weighted by Crippen LogP contribution is -2.33. The Kier molecular flexibility index (Phi) is 5.04. The number of carbonyl (C=O) groups is 1. The molecule has 2 aromatic heterocycles. The van der Waals surface area contributed by atoms with Crippen LogP contribution in [-0.4, -0.2) is 32.4 Å². The fourth-order valence-corrected chi connectivity index (χ4v) is 3.43. The largest absolute Gasteiger partial charge is 0.472 e. The van der Waals surface area contributed by atoms with E-state index in [1.54, 1.807) is 4.68 Å². The van der Waals surface area contributed by atoms with E-state index in [2.05, 4.69) is 26.0 Å². The Hall–Kier alpha value is -1.63. The molecule has 0 aromatic carbocycles. The van der Waals surface area contributed by atoms with Gasteiger partial charge in [0, 0.05) is 7.05 Å². The van der Waals surface area contributed by atoms with Crippen LogP contribution in [0.5, 0.6) is 5.88 Å². The average Bonchev–Trinajstić information content (AvgIpc) is 2.82. The van der Waals surface area contributed by atoms with E-state index >= 15 is 0 Å². The zero-order valence-corrected chi connectivity index (χ0v) is 16.7. The van der Waals surface area contributed by atoms with Crippen LogP contribution in [0, 0.1) is 5.92 Å². The van der Waals surface area contributed by atoms with Crippen molar-refractivity contribution in [3.05, 3.63) is 16.7 Å². The third kappa shape index (κ3) is 4.32. The minimum Gasteiger partial charge on any atom is -0.472 e. The molecule has 3 rings (SSSR count). The third-order valence-corrected chi connectivity index (χ3v) is 4.77. The number of pyridine rings is 1. The molecule has 0 atom stereocenters. The van der Waals surface area contributed by atoms with E-state index in [1.807, 2.05) is 40.0 Å². The van der Waals surface area contributed by atoms with E-state index in [-0.39, 0.29) is 18.0 Å². The number of esters is 1. The molecule has 0 unspecified atom stereocenters. The summed E-state index contributed by atoms with van der Waals surface area (Å²) in [5.74, 6) is 0.422. The number of ether oxygens (including phenoxy) is 2. The molecule has 0 saturated heterocycles. The Morgan fingerprint density at radius 2 is 1.92 bits per heavy atom. The quantitative estimate of drug-likeness (QED) is 0.565. The second kappa shape index (κ2) is 6.94. The van der Waals surface area contributed by atoms with E-state index in [9.17, 15) is 4.79 Å². The van der Waals surface area contributed by atoms with Crippen molar-refractivity contribution in [3.8, 4) is 5.88 Å². The van der Waals surface area contributed by atoms with E-state index < -0.39 is 5.60 Å². The Bertz CT molecular complexity index is 774. The Balaban J connectivity index is 1.63. The van der Waals surface area contributed by atoms with Crippen molar-refractivity contribution in [2.24, 2.45) is 13.0 Å². The summed E-state index contributed by atoms with van der Waals surface area (Å²) >= 11 is 3.39. The van der Waals surface area contributed by atoms with Gasteiger partial charge in [-0.1, -0.05) is 0 Å². The first-order valence-electron chi connectivity index (χ1n) is 8.62. The molecule has 2 aromatic rings. The molecule has 6 nitrogen and oxygen atoms in total. The second-order valence-electron chi connectivity index (χ2n) is 7.56. The molecule has 2 heterocycles. The van der Waals surface area contributed by atoms with Crippen molar-refractivity contribution in [3.63, 3.8) is 0 Å². The van der Waals surface area contributed by atoms with Gasteiger partial charge in [-0.3, -0.25) is 9.48 Å². The normalized spacial score (nSPS) is 21.3. The van der Waals surface area contributed by atoms with Crippen molar-refractivity contribution in [2.75, 3.05) is 0 Å². The number of hydrogen-bond donors (Lipinski definition) is 0. The van der Waals surface area contributed by atoms with E-state index in [4.69, 9.17) is 9.47 Å². The molecule has 0 amide bonds. The average molecular weight is 410 g/mol. The minimum absolute atomic E-state index is 0.0354. The molecule has 0 N–H and O–H groups in total. The minimum atomic E-state index is -0.434. The number of fused-ring (bicyclic) bond motifs is 1. The summed E-state index contributed by atoms with van der Waals surface area (Å²) in [6.07, 6.45) is 3.24. The first kappa shape index (κ1) is 18.2. The van der Waals surface area contributed by atoms with Gasteiger partial charge in [0.05, 0.1) is 11.4 Å². The number of carbonyl (C=O) groups excluding carboxylic acids is 1. The topological polar surface area (TPSA) is 66.2 Å². The number of halogens is 1. The Labute approximate surface area is 156 Å². The van der Waals surface area contributed by atoms with Gasteiger partial charge in [-0.05, 0) is 74.5 Å². The molecule has 1 fully saturated rings. The predicted octanol–water partition coefficient (Wildman–Crippen LogP) is 4.01. The summed E-state index contributed by atoms with van der Waals surface area (Å²) in [4.78, 5) is 16.7. The Morgan fingerprint density at radius 1 is 1.24 bits per heavy atom. The molecular weight excluding hydrogens is 386 g/mol. The van der Waals surface area contributed by atoms with Crippen LogP contribution in [0.2, 0.25) is 0 Å². The van der Waals surface area contributed by atoms with Crippen LogP contribution >= 0.6 is 15.9 Å². The van der Waals surface area contributed by atoms with Crippen LogP contribution in [0.3, 0.4) is 0 Å². The lowest BCUT2D eigenvalue weighted by Gasteiger charge is -2.29. The number of hydrogen-bond acceptors (Lipinski definition) is 5. The fourth-order valence-electron chi connectivity index (χ4n) is 3.12. The van der Waals surface area contributed by atoms with Gasteiger partial charge in [0.2, 0.25) is 0 Å². The molecule has 0 radical (unpaired) electrons. The maximum Gasteiger partial charge on any atom is 0.309 e. The van der Waals surface area contributed by atoms with E-state index in [0.29, 0.717) is 5.88 Å². The summed E-state index contributed by atoms with van der Waals surface area (Å²) in [6.45, 7) is 5.70. The monoisotopic (exact) mass is 409 g/mol. The highest BCUT2D eigenvalue weighted by molar-refractivity contribution is 9.10. The molecular formula is C18H24BrN3O3. The molecule has 1 saturated carbocycles. The second-order valence-corrected chi connectivity index (χ2v) is 8.37. The highest BCUT2D eigenvalue weighted by Crippen LogP contribution is 2.31. The maximum absolute atomic E-state index is 12.2. The molecule has 7 heteroatoms.